The van der Waals surface area contributed by atoms with E-state index in [1.807, 2.05) is 32.9 Å². The zero-order valence-electron chi connectivity index (χ0n) is 22.6. The summed E-state index contributed by atoms with van der Waals surface area (Å²) in [6, 6.07) is 6.38. The largest absolute Gasteiger partial charge is 0.349 e. The second-order valence-corrected chi connectivity index (χ2v) is 12.6. The molecule has 1 aromatic rings. The number of nitrogens with zero attached hydrogens (tertiary/aromatic N) is 1. The van der Waals surface area contributed by atoms with Gasteiger partial charge in [0.2, 0.25) is 17.7 Å². The zero-order chi connectivity index (χ0) is 27.9. The topological polar surface area (TPSA) is 128 Å². The average Bonchev–Trinajstić information content (AvgIpc) is 3.39. The minimum absolute atomic E-state index is 0.0364. The van der Waals surface area contributed by atoms with Gasteiger partial charge in [0, 0.05) is 41.5 Å². The molecular formula is C28H41BrN4O5. The van der Waals surface area contributed by atoms with E-state index in [1.165, 1.54) is 0 Å². The second-order valence-electron chi connectivity index (χ2n) is 11.7. The lowest BCUT2D eigenvalue weighted by atomic mass is 9.84. The first kappa shape index (κ1) is 30.1. The molecule has 4 amide bonds. The lowest BCUT2D eigenvalue weighted by Gasteiger charge is -2.39. The van der Waals surface area contributed by atoms with Gasteiger partial charge in [-0.25, -0.2) is 5.48 Å². The molecule has 1 aliphatic heterocycles. The van der Waals surface area contributed by atoms with Gasteiger partial charge < -0.3 is 15.5 Å². The number of rotatable bonds is 9. The van der Waals surface area contributed by atoms with Crippen molar-refractivity contribution in [1.29, 1.82) is 0 Å². The standard InChI is InChI=1S/C28H41BrN4O5/c1-28(2,3)24(31-26(36)20(17-23(34)32-38)16-18-6-4-5-7-18)27(37)33-14-12-22(13-15-33)30-25(35)19-8-10-21(29)11-9-19/h8-11,18,20,22,24,38H,4-7,12-17H2,1-3H3,(H,30,35)(H,31,36)(H,32,34)/t20-,24-/m0/s1. The highest BCUT2D eigenvalue weighted by molar-refractivity contribution is 9.10. The summed E-state index contributed by atoms with van der Waals surface area (Å²) in [5, 5.41) is 15.0. The van der Waals surface area contributed by atoms with Crippen LogP contribution in [-0.4, -0.2) is 58.9 Å². The van der Waals surface area contributed by atoms with Gasteiger partial charge in [0.25, 0.3) is 5.91 Å². The maximum absolute atomic E-state index is 13.6. The van der Waals surface area contributed by atoms with Gasteiger partial charge >= 0.3 is 0 Å². The Bertz CT molecular complexity index is 980. The van der Waals surface area contributed by atoms with Crippen molar-refractivity contribution in [3.05, 3.63) is 34.3 Å². The summed E-state index contributed by atoms with van der Waals surface area (Å²) >= 11 is 3.37. The van der Waals surface area contributed by atoms with Crippen LogP contribution in [0.25, 0.3) is 0 Å². The Labute approximate surface area is 233 Å². The fourth-order valence-corrected chi connectivity index (χ4v) is 5.67. The van der Waals surface area contributed by atoms with Crippen LogP contribution in [0, 0.1) is 17.3 Å². The van der Waals surface area contributed by atoms with Gasteiger partial charge in [0.15, 0.2) is 0 Å². The van der Waals surface area contributed by atoms with E-state index in [1.54, 1.807) is 22.5 Å². The molecule has 2 fully saturated rings. The summed E-state index contributed by atoms with van der Waals surface area (Å²) in [7, 11) is 0. The van der Waals surface area contributed by atoms with Crippen molar-refractivity contribution in [1.82, 2.24) is 21.0 Å². The molecule has 0 bridgehead atoms. The van der Waals surface area contributed by atoms with Gasteiger partial charge in [-0.05, 0) is 54.9 Å². The molecule has 0 spiro atoms. The molecule has 9 nitrogen and oxygen atoms in total. The third-order valence-corrected chi connectivity index (χ3v) is 8.20. The van der Waals surface area contributed by atoms with E-state index in [2.05, 4.69) is 26.6 Å². The average molecular weight is 594 g/mol. The number of piperidine rings is 1. The van der Waals surface area contributed by atoms with Crippen LogP contribution in [0.5, 0.6) is 0 Å². The minimum Gasteiger partial charge on any atom is -0.349 e. The van der Waals surface area contributed by atoms with Crippen LogP contribution in [0.4, 0.5) is 0 Å². The number of amides is 4. The lowest BCUT2D eigenvalue weighted by molar-refractivity contribution is -0.142. The third-order valence-electron chi connectivity index (χ3n) is 7.67. The number of benzene rings is 1. The molecule has 38 heavy (non-hydrogen) atoms. The Balaban J connectivity index is 1.60. The summed E-state index contributed by atoms with van der Waals surface area (Å²) in [6.45, 7) is 6.68. The number of carbonyl (C=O) groups is 4. The molecular weight excluding hydrogens is 552 g/mol. The van der Waals surface area contributed by atoms with Gasteiger partial charge in [-0.2, -0.15) is 0 Å². The van der Waals surface area contributed by atoms with E-state index in [-0.39, 0.29) is 30.2 Å². The molecule has 1 aliphatic carbocycles. The highest BCUT2D eigenvalue weighted by Gasteiger charge is 2.39. The first-order valence-corrected chi connectivity index (χ1v) is 14.4. The Hall–Kier alpha value is -2.46. The molecule has 1 saturated carbocycles. The Morgan fingerprint density at radius 3 is 2.18 bits per heavy atom. The van der Waals surface area contributed by atoms with E-state index >= 15 is 0 Å². The van der Waals surface area contributed by atoms with Crippen LogP contribution < -0.4 is 16.1 Å². The molecule has 10 heteroatoms. The molecule has 1 saturated heterocycles. The molecule has 1 aromatic carbocycles. The van der Waals surface area contributed by atoms with Crippen molar-refractivity contribution >= 4 is 39.6 Å². The maximum Gasteiger partial charge on any atom is 0.251 e. The van der Waals surface area contributed by atoms with Crippen molar-refractivity contribution in [3.63, 3.8) is 0 Å². The van der Waals surface area contributed by atoms with Crippen molar-refractivity contribution < 1.29 is 24.4 Å². The summed E-state index contributed by atoms with van der Waals surface area (Å²) in [5.41, 5.74) is 1.68. The van der Waals surface area contributed by atoms with E-state index in [9.17, 15) is 19.2 Å². The highest BCUT2D eigenvalue weighted by atomic mass is 79.9. The molecule has 4 N–H and O–H groups in total. The van der Waals surface area contributed by atoms with Gasteiger partial charge in [-0.1, -0.05) is 62.4 Å². The molecule has 3 rings (SSSR count). The van der Waals surface area contributed by atoms with Gasteiger partial charge in [0.05, 0.1) is 0 Å². The van der Waals surface area contributed by atoms with Gasteiger partial charge in [-0.15, -0.1) is 0 Å². The number of likely N-dealkylation sites (tertiary alicyclic amines) is 1. The Kier molecular flexibility index (Phi) is 10.7. The molecule has 1 heterocycles. The third kappa shape index (κ3) is 8.53. The predicted molar refractivity (Wildman–Crippen MR) is 147 cm³/mol. The summed E-state index contributed by atoms with van der Waals surface area (Å²) in [5.74, 6) is -1.47. The zero-order valence-corrected chi connectivity index (χ0v) is 24.2. The van der Waals surface area contributed by atoms with Crippen molar-refractivity contribution in [2.75, 3.05) is 13.1 Å². The first-order valence-electron chi connectivity index (χ1n) is 13.6. The highest BCUT2D eigenvalue weighted by Crippen LogP contribution is 2.32. The van der Waals surface area contributed by atoms with Crippen molar-refractivity contribution in [2.24, 2.45) is 17.3 Å². The van der Waals surface area contributed by atoms with E-state index in [0.717, 1.165) is 30.2 Å². The Morgan fingerprint density at radius 1 is 1.03 bits per heavy atom. The number of hydroxylamine groups is 1. The normalized spacial score (nSPS) is 18.5. The smallest absolute Gasteiger partial charge is 0.251 e. The van der Waals surface area contributed by atoms with E-state index < -0.39 is 23.3 Å². The molecule has 210 valence electrons. The molecule has 0 aromatic heterocycles. The monoisotopic (exact) mass is 592 g/mol. The summed E-state index contributed by atoms with van der Waals surface area (Å²) in [6.07, 6.45) is 5.99. The summed E-state index contributed by atoms with van der Waals surface area (Å²) < 4.78 is 0.905. The quantitative estimate of drug-likeness (QED) is 0.256. The van der Waals surface area contributed by atoms with Crippen LogP contribution in [-0.2, 0) is 14.4 Å². The second kappa shape index (κ2) is 13.6. The number of hydrogen-bond acceptors (Lipinski definition) is 5. The number of nitrogens with one attached hydrogen (secondary N) is 3. The van der Waals surface area contributed by atoms with Gasteiger partial charge in [0.1, 0.15) is 6.04 Å². The van der Waals surface area contributed by atoms with Crippen LogP contribution in [0.1, 0.15) is 82.5 Å². The fourth-order valence-electron chi connectivity index (χ4n) is 5.41. The molecule has 0 radical (unpaired) electrons. The fraction of sp³-hybridized carbons (Fsp3) is 0.643. The van der Waals surface area contributed by atoms with Crippen LogP contribution >= 0.6 is 15.9 Å². The van der Waals surface area contributed by atoms with Crippen molar-refractivity contribution in [2.45, 2.75) is 84.2 Å². The van der Waals surface area contributed by atoms with E-state index in [0.29, 0.717) is 43.8 Å². The SMILES string of the molecule is CC(C)(C)[C@@H](NC(=O)[C@H](CC(=O)NO)CC1CCCC1)C(=O)N1CCC(NC(=O)c2ccc(Br)cc2)CC1. The molecule has 0 unspecified atom stereocenters. The number of carbonyl (C=O) groups excluding carboxylic acids is 4. The predicted octanol–water partition coefficient (Wildman–Crippen LogP) is 3.79. The number of halogens is 1. The summed E-state index contributed by atoms with van der Waals surface area (Å²) in [4.78, 5) is 53.2. The lowest BCUT2D eigenvalue weighted by Crippen LogP contribution is -2.58. The van der Waals surface area contributed by atoms with Crippen LogP contribution in [0.2, 0.25) is 0 Å². The first-order chi connectivity index (χ1) is 18.0. The molecule has 2 aliphatic rings. The molecule has 2 atom stereocenters. The minimum atomic E-state index is -0.757. The van der Waals surface area contributed by atoms with Crippen LogP contribution in [0.15, 0.2) is 28.7 Å². The Morgan fingerprint density at radius 2 is 1.63 bits per heavy atom. The van der Waals surface area contributed by atoms with Gasteiger partial charge in [-0.3, -0.25) is 24.4 Å². The maximum atomic E-state index is 13.6. The number of hydrogen-bond donors (Lipinski definition) is 4. The van der Waals surface area contributed by atoms with Crippen LogP contribution in [0.3, 0.4) is 0 Å². The van der Waals surface area contributed by atoms with Crippen molar-refractivity contribution in [3.8, 4) is 0 Å². The van der Waals surface area contributed by atoms with E-state index in [4.69, 9.17) is 5.21 Å².